The van der Waals surface area contributed by atoms with Gasteiger partial charge in [0, 0.05) is 11.1 Å². The van der Waals surface area contributed by atoms with Crippen LogP contribution in [0.3, 0.4) is 0 Å². The summed E-state index contributed by atoms with van der Waals surface area (Å²) >= 11 is 1.39. The van der Waals surface area contributed by atoms with Crippen LogP contribution in [0.25, 0.3) is 11.1 Å². The first-order valence-corrected chi connectivity index (χ1v) is 11.7. The summed E-state index contributed by atoms with van der Waals surface area (Å²) in [5.41, 5.74) is 3.82. The van der Waals surface area contributed by atoms with Crippen molar-refractivity contribution in [1.82, 2.24) is 5.32 Å². The first-order chi connectivity index (χ1) is 15.4. The second-order valence-electron chi connectivity index (χ2n) is 7.48. The topological polar surface area (TPSA) is 73.9 Å². The molecule has 2 aromatic carbocycles. The predicted octanol–water partition coefficient (Wildman–Crippen LogP) is 4.53. The normalized spacial score (nSPS) is 14.5. The summed E-state index contributed by atoms with van der Waals surface area (Å²) in [6, 6.07) is 6.96. The summed E-state index contributed by atoms with van der Waals surface area (Å²) in [4.78, 5) is 26.2. The van der Waals surface area contributed by atoms with Gasteiger partial charge in [-0.2, -0.15) is 0 Å². The van der Waals surface area contributed by atoms with Gasteiger partial charge in [0.15, 0.2) is 16.9 Å². The lowest BCUT2D eigenvalue weighted by molar-refractivity contribution is -0.118. The molecule has 0 spiro atoms. The molecular weight excluding hydrogens is 426 g/mol. The van der Waals surface area contributed by atoms with Gasteiger partial charge in [0.1, 0.15) is 0 Å². The number of benzene rings is 1. The van der Waals surface area contributed by atoms with Crippen LogP contribution < -0.4 is 25.0 Å². The highest BCUT2D eigenvalue weighted by Crippen LogP contribution is 2.50. The van der Waals surface area contributed by atoms with Gasteiger partial charge in [0.05, 0.1) is 32.3 Å². The van der Waals surface area contributed by atoms with Gasteiger partial charge >= 0.3 is 0 Å². The molecule has 7 heteroatoms. The Bertz CT molecular complexity index is 1110. The monoisotopic (exact) mass is 455 g/mol. The maximum Gasteiger partial charge on any atom is 0.247 e. The molecule has 0 saturated heterocycles. The van der Waals surface area contributed by atoms with Crippen LogP contribution >= 0.6 is 11.8 Å². The smallest absolute Gasteiger partial charge is 0.247 e. The number of nitrogens with one attached hydrogen (secondary N) is 1. The molecule has 1 amide bonds. The van der Waals surface area contributed by atoms with Crippen LogP contribution in [0.4, 0.5) is 0 Å². The molecule has 6 nitrogen and oxygen atoms in total. The van der Waals surface area contributed by atoms with Gasteiger partial charge in [0.2, 0.25) is 11.7 Å². The third kappa shape index (κ3) is 4.35. The third-order valence-electron chi connectivity index (χ3n) is 5.77. The molecule has 3 rings (SSSR count). The standard InChI is InChI=1S/C25H29NO5S/c1-7-14(2)25(28)26-18-10-8-15-12-20(29-3)23(30-4)24(31-5)22(15)16-9-11-21(32-6)19(27)13-17(16)18/h9,11-13,18H,2,7-8,10H2,1,3-6H3,(H,26,28)/t18-/m0/s1. The van der Waals surface area contributed by atoms with Crippen molar-refractivity contribution in [2.45, 2.75) is 37.1 Å². The zero-order valence-electron chi connectivity index (χ0n) is 19.2. The Hall–Kier alpha value is -2.93. The maximum atomic E-state index is 12.9. The quantitative estimate of drug-likeness (QED) is 0.488. The van der Waals surface area contributed by atoms with E-state index in [4.69, 9.17) is 14.2 Å². The van der Waals surface area contributed by atoms with Crippen molar-refractivity contribution < 1.29 is 19.0 Å². The minimum Gasteiger partial charge on any atom is -0.493 e. The highest BCUT2D eigenvalue weighted by molar-refractivity contribution is 7.98. The molecule has 0 radical (unpaired) electrons. The van der Waals surface area contributed by atoms with Gasteiger partial charge in [-0.3, -0.25) is 9.59 Å². The van der Waals surface area contributed by atoms with Crippen molar-refractivity contribution in [1.29, 1.82) is 0 Å². The zero-order valence-corrected chi connectivity index (χ0v) is 20.0. The number of ether oxygens (including phenoxy) is 3. The second kappa shape index (κ2) is 10.1. The van der Waals surface area contributed by atoms with E-state index in [0.29, 0.717) is 47.0 Å². The first kappa shape index (κ1) is 23.7. The fraction of sp³-hybridized carbons (Fsp3) is 0.360. The van der Waals surface area contributed by atoms with Crippen molar-refractivity contribution in [3.8, 4) is 28.4 Å². The molecule has 170 valence electrons. The number of amides is 1. The Labute approximate surface area is 193 Å². The Morgan fingerprint density at radius 2 is 1.88 bits per heavy atom. The fourth-order valence-corrected chi connectivity index (χ4v) is 4.50. The molecule has 0 bridgehead atoms. The fourth-order valence-electron chi connectivity index (χ4n) is 4.04. The van der Waals surface area contributed by atoms with Gasteiger partial charge in [-0.05, 0) is 60.4 Å². The van der Waals surface area contributed by atoms with Gasteiger partial charge < -0.3 is 19.5 Å². The first-order valence-electron chi connectivity index (χ1n) is 10.4. The molecule has 1 aliphatic carbocycles. The van der Waals surface area contributed by atoms with Crippen molar-refractivity contribution in [3.63, 3.8) is 0 Å². The second-order valence-corrected chi connectivity index (χ2v) is 8.33. The zero-order chi connectivity index (χ0) is 23.4. The number of carbonyl (C=O) groups excluding carboxylic acids is 1. The van der Waals surface area contributed by atoms with Gasteiger partial charge in [-0.1, -0.05) is 19.6 Å². The molecule has 1 N–H and O–H groups in total. The number of fused-ring (bicyclic) bond motifs is 3. The van der Waals surface area contributed by atoms with E-state index in [-0.39, 0.29) is 17.4 Å². The number of methoxy groups -OCH3 is 3. The summed E-state index contributed by atoms with van der Waals surface area (Å²) in [6.07, 6.45) is 3.69. The lowest BCUT2D eigenvalue weighted by Gasteiger charge is -2.20. The minimum absolute atomic E-state index is 0.0878. The Morgan fingerprint density at radius 1 is 1.16 bits per heavy atom. The van der Waals surface area contributed by atoms with E-state index in [9.17, 15) is 9.59 Å². The Morgan fingerprint density at radius 3 is 2.47 bits per heavy atom. The minimum atomic E-state index is -0.357. The lowest BCUT2D eigenvalue weighted by atomic mass is 9.95. The largest absolute Gasteiger partial charge is 0.493 e. The number of hydrogen-bond donors (Lipinski definition) is 1. The van der Waals surface area contributed by atoms with E-state index in [1.54, 1.807) is 27.4 Å². The van der Waals surface area contributed by atoms with Gasteiger partial charge in [-0.25, -0.2) is 0 Å². The van der Waals surface area contributed by atoms with Crippen LogP contribution in [0.15, 0.2) is 46.1 Å². The van der Waals surface area contributed by atoms with Crippen LogP contribution in [0, 0.1) is 0 Å². The van der Waals surface area contributed by atoms with Crippen molar-refractivity contribution in [3.05, 3.63) is 57.8 Å². The third-order valence-corrected chi connectivity index (χ3v) is 6.55. The number of hydrogen-bond acceptors (Lipinski definition) is 6. The van der Waals surface area contributed by atoms with E-state index >= 15 is 0 Å². The van der Waals surface area contributed by atoms with Crippen LogP contribution in [-0.2, 0) is 11.2 Å². The molecular formula is C25H29NO5S. The Balaban J connectivity index is 2.34. The van der Waals surface area contributed by atoms with Crippen molar-refractivity contribution in [2.24, 2.45) is 0 Å². The molecule has 0 saturated carbocycles. The van der Waals surface area contributed by atoms with E-state index < -0.39 is 0 Å². The van der Waals surface area contributed by atoms with Crippen LogP contribution in [-0.4, -0.2) is 33.5 Å². The SMILES string of the molecule is C=C(CC)C(=O)N[C@H]1CCc2cc(OC)c(OC)c(OC)c2-c2ccc(SC)c(=O)cc21. The van der Waals surface area contributed by atoms with E-state index in [1.165, 1.54) is 11.8 Å². The number of aryl methyl sites for hydroxylation is 1. The molecule has 2 aromatic rings. The molecule has 0 unspecified atom stereocenters. The van der Waals surface area contributed by atoms with Crippen molar-refractivity contribution in [2.75, 3.05) is 27.6 Å². The van der Waals surface area contributed by atoms with Crippen LogP contribution in [0.5, 0.6) is 17.2 Å². The summed E-state index contributed by atoms with van der Waals surface area (Å²) < 4.78 is 16.9. The van der Waals surface area contributed by atoms with Crippen LogP contribution in [0.2, 0.25) is 0 Å². The number of carbonyl (C=O) groups is 1. The number of rotatable bonds is 7. The molecule has 0 aliphatic heterocycles. The highest BCUT2D eigenvalue weighted by atomic mass is 32.2. The Kier molecular flexibility index (Phi) is 7.51. The highest BCUT2D eigenvalue weighted by Gasteiger charge is 2.29. The van der Waals surface area contributed by atoms with Gasteiger partial charge in [-0.15, -0.1) is 11.8 Å². The van der Waals surface area contributed by atoms with Gasteiger partial charge in [0.25, 0.3) is 0 Å². The van der Waals surface area contributed by atoms with Crippen LogP contribution in [0.1, 0.15) is 36.9 Å². The summed E-state index contributed by atoms with van der Waals surface area (Å²) in [7, 11) is 4.74. The predicted molar refractivity (Wildman–Crippen MR) is 128 cm³/mol. The number of thioether (sulfide) groups is 1. The molecule has 0 heterocycles. The lowest BCUT2D eigenvalue weighted by Crippen LogP contribution is -2.30. The molecule has 0 aromatic heterocycles. The van der Waals surface area contributed by atoms with Crippen molar-refractivity contribution >= 4 is 17.7 Å². The molecule has 0 fully saturated rings. The average Bonchev–Trinajstić information content (AvgIpc) is 3.05. The maximum absolute atomic E-state index is 12.9. The van der Waals surface area contributed by atoms with E-state index in [2.05, 4.69) is 11.9 Å². The molecule has 1 aliphatic rings. The summed E-state index contributed by atoms with van der Waals surface area (Å²) in [5.74, 6) is 1.39. The van der Waals surface area contributed by atoms with E-state index in [1.807, 2.05) is 31.4 Å². The molecule has 1 atom stereocenters. The van der Waals surface area contributed by atoms with E-state index in [0.717, 1.165) is 22.3 Å². The summed E-state index contributed by atoms with van der Waals surface area (Å²) in [5, 5.41) is 3.09. The summed E-state index contributed by atoms with van der Waals surface area (Å²) in [6.45, 7) is 5.75. The average molecular weight is 456 g/mol. The molecule has 32 heavy (non-hydrogen) atoms.